The predicted molar refractivity (Wildman–Crippen MR) is 116 cm³/mol. The van der Waals surface area contributed by atoms with Crippen molar-refractivity contribution in [3.8, 4) is 5.75 Å². The first-order valence-electron chi connectivity index (χ1n) is 9.72. The summed E-state index contributed by atoms with van der Waals surface area (Å²) in [4.78, 5) is 41.1. The SMILES string of the molecule is COc1cc2[nH]c(=O)c([C@H](C)Nc3nc(C)nc(N4C(=O)OC[C@@H]4CF)n3)cc2cc1Cl. The van der Waals surface area contributed by atoms with E-state index in [1.807, 2.05) is 0 Å². The summed E-state index contributed by atoms with van der Waals surface area (Å²) < 4.78 is 23.4. The van der Waals surface area contributed by atoms with Gasteiger partial charge in [0.25, 0.3) is 5.56 Å². The van der Waals surface area contributed by atoms with Crippen LogP contribution in [0.15, 0.2) is 23.0 Å². The van der Waals surface area contributed by atoms with E-state index < -0.39 is 24.9 Å². The standard InChI is InChI=1S/C20H20ClFN6O4/c1-9(13-4-11-5-14(21)16(31-3)6-15(11)26-17(13)29)23-18-24-10(2)25-19(27-18)28-12(7-22)8-32-20(28)30/h4-6,9,12H,7-8H2,1-3H3,(H,26,29)(H,23,24,25,27)/t9-,12-/m0/s1. The molecule has 0 aliphatic carbocycles. The normalized spacial score (nSPS) is 16.8. The molecule has 10 nitrogen and oxygen atoms in total. The van der Waals surface area contributed by atoms with Gasteiger partial charge in [0.05, 0.1) is 23.7 Å². The minimum Gasteiger partial charge on any atom is -0.495 e. The van der Waals surface area contributed by atoms with Gasteiger partial charge in [-0.3, -0.25) is 4.79 Å². The summed E-state index contributed by atoms with van der Waals surface area (Å²) in [5.41, 5.74) is 0.685. The van der Waals surface area contributed by atoms with E-state index >= 15 is 0 Å². The second kappa shape index (κ2) is 8.58. The van der Waals surface area contributed by atoms with Gasteiger partial charge in [0.15, 0.2) is 0 Å². The monoisotopic (exact) mass is 462 g/mol. The number of alkyl halides is 1. The number of aryl methyl sites for hydroxylation is 1. The lowest BCUT2D eigenvalue weighted by molar-refractivity contribution is 0.177. The van der Waals surface area contributed by atoms with Gasteiger partial charge in [0, 0.05) is 17.0 Å². The minimum atomic E-state index is -0.806. The summed E-state index contributed by atoms with van der Waals surface area (Å²) in [5.74, 6) is 0.871. The predicted octanol–water partition coefficient (Wildman–Crippen LogP) is 3.15. The Hall–Kier alpha value is -3.47. The molecular formula is C20H20ClFN6O4. The average molecular weight is 463 g/mol. The number of aromatic nitrogens is 4. The number of ether oxygens (including phenoxy) is 2. The number of nitrogens with one attached hydrogen (secondary N) is 2. The molecule has 1 aliphatic heterocycles. The molecule has 2 aromatic heterocycles. The number of H-pyrrole nitrogens is 1. The summed E-state index contributed by atoms with van der Waals surface area (Å²) in [6, 6.07) is 3.74. The zero-order valence-corrected chi connectivity index (χ0v) is 18.2. The quantitative estimate of drug-likeness (QED) is 0.572. The molecular weight excluding hydrogens is 443 g/mol. The lowest BCUT2D eigenvalue weighted by Gasteiger charge is -2.19. The van der Waals surface area contributed by atoms with Crippen LogP contribution in [0.4, 0.5) is 21.1 Å². The first-order chi connectivity index (χ1) is 15.3. The fourth-order valence-corrected chi connectivity index (χ4v) is 3.68. The molecule has 3 heterocycles. The van der Waals surface area contributed by atoms with Crippen LogP contribution < -0.4 is 20.5 Å². The van der Waals surface area contributed by atoms with Crippen LogP contribution in [0.5, 0.6) is 5.75 Å². The molecule has 0 saturated carbocycles. The van der Waals surface area contributed by atoms with E-state index in [-0.39, 0.29) is 24.1 Å². The maximum absolute atomic E-state index is 13.3. The maximum Gasteiger partial charge on any atom is 0.417 e. The number of hydrogen-bond acceptors (Lipinski definition) is 8. The fourth-order valence-electron chi connectivity index (χ4n) is 3.43. The molecule has 1 amide bonds. The number of methoxy groups -OCH3 is 1. The van der Waals surface area contributed by atoms with Crippen LogP contribution in [0.1, 0.15) is 24.4 Å². The molecule has 168 valence electrons. The third-order valence-electron chi connectivity index (χ3n) is 5.05. The number of nitrogens with zero attached hydrogens (tertiary/aromatic N) is 4. The molecule has 0 radical (unpaired) electrons. The number of pyridine rings is 1. The molecule has 0 bridgehead atoms. The third kappa shape index (κ3) is 4.03. The van der Waals surface area contributed by atoms with Gasteiger partial charge in [0.1, 0.15) is 30.9 Å². The van der Waals surface area contributed by atoms with E-state index in [1.165, 1.54) is 7.11 Å². The number of rotatable bonds is 6. The number of fused-ring (bicyclic) bond motifs is 1. The van der Waals surface area contributed by atoms with E-state index in [4.69, 9.17) is 21.1 Å². The number of anilines is 2. The minimum absolute atomic E-state index is 0.0244. The Bertz CT molecular complexity index is 1250. The summed E-state index contributed by atoms with van der Waals surface area (Å²) in [6.07, 6.45) is -0.726. The highest BCUT2D eigenvalue weighted by Crippen LogP contribution is 2.29. The van der Waals surface area contributed by atoms with Crippen molar-refractivity contribution in [1.29, 1.82) is 0 Å². The Balaban J connectivity index is 1.65. The van der Waals surface area contributed by atoms with Gasteiger partial charge in [0.2, 0.25) is 11.9 Å². The Morgan fingerprint density at radius 1 is 1.34 bits per heavy atom. The Labute approximate surface area is 186 Å². The van der Waals surface area contributed by atoms with Crippen molar-refractivity contribution in [2.75, 3.05) is 30.6 Å². The van der Waals surface area contributed by atoms with Crippen LogP contribution in [0, 0.1) is 6.92 Å². The van der Waals surface area contributed by atoms with Gasteiger partial charge in [-0.1, -0.05) is 11.6 Å². The maximum atomic E-state index is 13.3. The van der Waals surface area contributed by atoms with Crippen LogP contribution in [-0.4, -0.2) is 52.5 Å². The Morgan fingerprint density at radius 2 is 2.12 bits per heavy atom. The zero-order chi connectivity index (χ0) is 23.0. The van der Waals surface area contributed by atoms with E-state index in [0.717, 1.165) is 10.3 Å². The molecule has 0 spiro atoms. The highest BCUT2D eigenvalue weighted by molar-refractivity contribution is 6.32. The van der Waals surface area contributed by atoms with Crippen molar-refractivity contribution in [3.05, 3.63) is 45.0 Å². The zero-order valence-electron chi connectivity index (χ0n) is 17.5. The molecule has 1 aromatic carbocycles. The van der Waals surface area contributed by atoms with E-state index in [1.54, 1.807) is 32.0 Å². The number of halogens is 2. The van der Waals surface area contributed by atoms with Crippen molar-refractivity contribution >= 4 is 40.5 Å². The Kier molecular flexibility index (Phi) is 5.83. The first kappa shape index (κ1) is 21.8. The lowest BCUT2D eigenvalue weighted by Crippen LogP contribution is -2.36. The number of hydrogen-bond donors (Lipinski definition) is 2. The first-order valence-corrected chi connectivity index (χ1v) is 10.1. The van der Waals surface area contributed by atoms with Gasteiger partial charge in [-0.25, -0.2) is 14.1 Å². The number of amides is 1. The molecule has 2 N–H and O–H groups in total. The molecule has 1 fully saturated rings. The molecule has 1 aliphatic rings. The van der Waals surface area contributed by atoms with Gasteiger partial charge in [-0.05, 0) is 26.0 Å². The van der Waals surface area contributed by atoms with Crippen molar-refractivity contribution in [2.45, 2.75) is 25.9 Å². The molecule has 3 aromatic rings. The number of aromatic amines is 1. The van der Waals surface area contributed by atoms with Gasteiger partial charge >= 0.3 is 6.09 Å². The van der Waals surface area contributed by atoms with Crippen LogP contribution in [-0.2, 0) is 4.74 Å². The smallest absolute Gasteiger partial charge is 0.417 e. The molecule has 4 rings (SSSR count). The highest BCUT2D eigenvalue weighted by Gasteiger charge is 2.36. The van der Waals surface area contributed by atoms with Gasteiger partial charge < -0.3 is 19.8 Å². The topological polar surface area (TPSA) is 122 Å². The second-order valence-electron chi connectivity index (χ2n) is 7.26. The molecule has 1 saturated heterocycles. The van der Waals surface area contributed by atoms with E-state index in [2.05, 4.69) is 25.3 Å². The van der Waals surface area contributed by atoms with Gasteiger partial charge in [-0.15, -0.1) is 0 Å². The number of carbonyl (C=O) groups is 1. The second-order valence-corrected chi connectivity index (χ2v) is 7.66. The number of benzene rings is 1. The third-order valence-corrected chi connectivity index (χ3v) is 5.34. The van der Waals surface area contributed by atoms with E-state index in [0.29, 0.717) is 27.7 Å². The van der Waals surface area contributed by atoms with Crippen LogP contribution in [0.25, 0.3) is 10.9 Å². The fraction of sp³-hybridized carbons (Fsp3) is 0.350. The highest BCUT2D eigenvalue weighted by atomic mass is 35.5. The van der Waals surface area contributed by atoms with Crippen molar-refractivity contribution in [1.82, 2.24) is 19.9 Å². The van der Waals surface area contributed by atoms with Crippen molar-refractivity contribution in [2.24, 2.45) is 0 Å². The van der Waals surface area contributed by atoms with Crippen LogP contribution in [0.2, 0.25) is 5.02 Å². The lowest BCUT2D eigenvalue weighted by atomic mass is 10.1. The summed E-state index contributed by atoms with van der Waals surface area (Å²) in [5, 5.41) is 4.17. The molecule has 0 unspecified atom stereocenters. The largest absolute Gasteiger partial charge is 0.495 e. The summed E-state index contributed by atoms with van der Waals surface area (Å²) in [6.45, 7) is 2.49. The Morgan fingerprint density at radius 3 is 2.84 bits per heavy atom. The average Bonchev–Trinajstić information content (AvgIpc) is 3.13. The number of carbonyl (C=O) groups excluding carboxylic acids is 1. The van der Waals surface area contributed by atoms with E-state index in [9.17, 15) is 14.0 Å². The number of cyclic esters (lactones) is 1. The molecule has 12 heteroatoms. The van der Waals surface area contributed by atoms with Crippen LogP contribution in [0.3, 0.4) is 0 Å². The van der Waals surface area contributed by atoms with Crippen molar-refractivity contribution in [3.63, 3.8) is 0 Å². The van der Waals surface area contributed by atoms with Crippen molar-refractivity contribution < 1.29 is 18.7 Å². The molecule has 2 atom stereocenters. The van der Waals surface area contributed by atoms with Gasteiger partial charge in [-0.2, -0.15) is 15.0 Å². The molecule has 32 heavy (non-hydrogen) atoms. The summed E-state index contributed by atoms with van der Waals surface area (Å²) >= 11 is 6.21. The summed E-state index contributed by atoms with van der Waals surface area (Å²) in [7, 11) is 1.49. The van der Waals surface area contributed by atoms with Crippen LogP contribution >= 0.6 is 11.6 Å².